The number of hydrogen-bond donors (Lipinski definition) is 4. The lowest BCUT2D eigenvalue weighted by atomic mass is 9.70. The first kappa shape index (κ1) is 20.6. The van der Waals surface area contributed by atoms with E-state index in [0.717, 1.165) is 67.8 Å². The first-order chi connectivity index (χ1) is 14.8. The molecular weight excluding hydrogens is 390 g/mol. The molecule has 1 aromatic carbocycles. The number of benzene rings is 1. The van der Waals surface area contributed by atoms with Crippen LogP contribution in [-0.4, -0.2) is 49.0 Å². The van der Waals surface area contributed by atoms with Crippen LogP contribution in [0.15, 0.2) is 22.7 Å². The summed E-state index contributed by atoms with van der Waals surface area (Å²) in [7, 11) is 0. The van der Waals surface area contributed by atoms with E-state index in [-0.39, 0.29) is 17.6 Å². The number of nitrogens with one attached hydrogen (secondary N) is 1. The van der Waals surface area contributed by atoms with Crippen molar-refractivity contribution in [3.8, 4) is 5.75 Å². The molecular formula is C24H35N5O2. The van der Waals surface area contributed by atoms with Gasteiger partial charge in [-0.1, -0.05) is 13.8 Å². The van der Waals surface area contributed by atoms with Crippen LogP contribution in [0, 0.1) is 5.41 Å². The Hall–Kier alpha value is -2.25. The Labute approximate surface area is 184 Å². The number of nitrogens with zero attached hydrogens (tertiary/aromatic N) is 2. The van der Waals surface area contributed by atoms with Crippen LogP contribution in [0.1, 0.15) is 57.1 Å². The number of fused-ring (bicyclic) bond motifs is 2. The Morgan fingerprint density at radius 1 is 1.19 bits per heavy atom. The van der Waals surface area contributed by atoms with Gasteiger partial charge in [0.25, 0.3) is 0 Å². The van der Waals surface area contributed by atoms with E-state index in [4.69, 9.17) is 16.2 Å². The van der Waals surface area contributed by atoms with Crippen molar-refractivity contribution in [3.05, 3.63) is 28.8 Å². The molecule has 1 atom stereocenters. The van der Waals surface area contributed by atoms with Gasteiger partial charge in [-0.25, -0.2) is 4.99 Å². The van der Waals surface area contributed by atoms with Crippen LogP contribution in [0.3, 0.4) is 0 Å². The third-order valence-electron chi connectivity index (χ3n) is 7.31. The van der Waals surface area contributed by atoms with Gasteiger partial charge in [0.1, 0.15) is 18.3 Å². The van der Waals surface area contributed by atoms with Gasteiger partial charge >= 0.3 is 0 Å². The normalized spacial score (nSPS) is 29.7. The minimum absolute atomic E-state index is 0.146. The van der Waals surface area contributed by atoms with Crippen molar-refractivity contribution in [2.75, 3.05) is 24.7 Å². The maximum absolute atomic E-state index is 10.3. The van der Waals surface area contributed by atoms with E-state index in [1.54, 1.807) is 0 Å². The zero-order chi connectivity index (χ0) is 21.8. The second kappa shape index (κ2) is 7.71. The first-order valence-electron chi connectivity index (χ1n) is 11.6. The summed E-state index contributed by atoms with van der Waals surface area (Å²) in [5.74, 6) is 1.58. The third kappa shape index (κ3) is 3.68. The number of aliphatic hydroxyl groups is 1. The van der Waals surface area contributed by atoms with Gasteiger partial charge in [0, 0.05) is 30.3 Å². The lowest BCUT2D eigenvalue weighted by molar-refractivity contribution is 0.147. The smallest absolute Gasteiger partial charge is 0.143 e. The summed E-state index contributed by atoms with van der Waals surface area (Å²) in [6.07, 6.45) is 5.57. The molecule has 1 unspecified atom stereocenters. The van der Waals surface area contributed by atoms with Gasteiger partial charge in [-0.05, 0) is 61.6 Å². The van der Waals surface area contributed by atoms with Gasteiger partial charge in [0.15, 0.2) is 0 Å². The summed E-state index contributed by atoms with van der Waals surface area (Å²) in [4.78, 5) is 6.76. The van der Waals surface area contributed by atoms with E-state index in [2.05, 4.69) is 41.2 Å². The van der Waals surface area contributed by atoms with E-state index in [1.165, 1.54) is 11.1 Å². The average molecular weight is 426 g/mol. The molecule has 2 aliphatic carbocycles. The number of ether oxygens (including phenoxy) is 1. The molecule has 0 spiro atoms. The van der Waals surface area contributed by atoms with Crippen molar-refractivity contribution in [1.29, 1.82) is 0 Å². The first-order valence-corrected chi connectivity index (χ1v) is 11.6. The second-order valence-electron chi connectivity index (χ2n) is 10.2. The summed E-state index contributed by atoms with van der Waals surface area (Å²) < 4.78 is 6.61. The Kier molecular flexibility index (Phi) is 5.13. The van der Waals surface area contributed by atoms with Crippen molar-refractivity contribution in [2.45, 2.75) is 70.6 Å². The molecule has 1 aromatic rings. The summed E-state index contributed by atoms with van der Waals surface area (Å²) in [6, 6.07) is 4.58. The zero-order valence-corrected chi connectivity index (χ0v) is 18.7. The fourth-order valence-corrected chi connectivity index (χ4v) is 5.75. The minimum Gasteiger partial charge on any atom is -0.488 e. The van der Waals surface area contributed by atoms with Crippen LogP contribution >= 0.6 is 0 Å². The summed E-state index contributed by atoms with van der Waals surface area (Å²) >= 11 is 0. The fraction of sp³-hybridized carbons (Fsp3) is 0.625. The van der Waals surface area contributed by atoms with Gasteiger partial charge in [-0.15, -0.1) is 0 Å². The largest absolute Gasteiger partial charge is 0.488 e. The molecule has 2 heterocycles. The number of aliphatic imine (C=N–C) groups is 1. The van der Waals surface area contributed by atoms with Crippen molar-refractivity contribution >= 4 is 17.2 Å². The number of anilines is 1. The predicted molar refractivity (Wildman–Crippen MR) is 124 cm³/mol. The minimum atomic E-state index is -0.293. The molecule has 31 heavy (non-hydrogen) atoms. The molecule has 6 N–H and O–H groups in total. The van der Waals surface area contributed by atoms with Crippen molar-refractivity contribution < 1.29 is 9.84 Å². The Morgan fingerprint density at radius 3 is 2.68 bits per heavy atom. The molecule has 4 aliphatic rings. The van der Waals surface area contributed by atoms with Crippen molar-refractivity contribution in [3.63, 3.8) is 0 Å². The standard InChI is InChI=1S/C24H35N5O2/c1-24(2)11-18-17(21-20(24)23(26)28-13-27-21)7-8-19(22(18)29-10-9-15(30)12-29)31-16-5-3-14(25)4-6-16/h7-8,14-16,27,30H,3-6,9-13,25H2,1-2H3,(H2,26,28). The zero-order valence-electron chi connectivity index (χ0n) is 18.7. The molecule has 1 saturated heterocycles. The van der Waals surface area contributed by atoms with Crippen LogP contribution in [0.25, 0.3) is 5.70 Å². The molecule has 168 valence electrons. The van der Waals surface area contributed by atoms with Gasteiger partial charge in [0.2, 0.25) is 0 Å². The lowest BCUT2D eigenvalue weighted by Crippen LogP contribution is -2.40. The highest BCUT2D eigenvalue weighted by molar-refractivity contribution is 6.07. The highest BCUT2D eigenvalue weighted by Gasteiger charge is 2.40. The highest BCUT2D eigenvalue weighted by Crippen LogP contribution is 2.49. The number of nitrogens with two attached hydrogens (primary N) is 2. The molecule has 0 bridgehead atoms. The number of aliphatic hydroxyl groups excluding tert-OH is 1. The SMILES string of the molecule is CC1(C)Cc2c(ccc(OC3CCC(N)CC3)c2N2CCC(O)C2)C2=C1C(N)=NCN2. The lowest BCUT2D eigenvalue weighted by Gasteiger charge is -2.40. The van der Waals surface area contributed by atoms with E-state index in [9.17, 15) is 5.11 Å². The van der Waals surface area contributed by atoms with E-state index >= 15 is 0 Å². The van der Waals surface area contributed by atoms with Crippen LogP contribution in [0.2, 0.25) is 0 Å². The van der Waals surface area contributed by atoms with Gasteiger partial charge in [0.05, 0.1) is 23.6 Å². The van der Waals surface area contributed by atoms with Crippen molar-refractivity contribution in [1.82, 2.24) is 5.32 Å². The maximum atomic E-state index is 10.3. The van der Waals surface area contributed by atoms with E-state index in [1.807, 2.05) is 0 Å². The predicted octanol–water partition coefficient (Wildman–Crippen LogP) is 2.12. The maximum Gasteiger partial charge on any atom is 0.143 e. The molecule has 7 nitrogen and oxygen atoms in total. The van der Waals surface area contributed by atoms with Crippen LogP contribution in [0.4, 0.5) is 5.69 Å². The Bertz CT molecular complexity index is 930. The average Bonchev–Trinajstić information content (AvgIpc) is 3.14. The van der Waals surface area contributed by atoms with E-state index < -0.39 is 0 Å². The number of hydrogen-bond acceptors (Lipinski definition) is 7. The van der Waals surface area contributed by atoms with Crippen LogP contribution in [0.5, 0.6) is 5.75 Å². The number of rotatable bonds is 3. The fourth-order valence-electron chi connectivity index (χ4n) is 5.75. The highest BCUT2D eigenvalue weighted by atomic mass is 16.5. The molecule has 5 rings (SSSR count). The molecule has 1 saturated carbocycles. The molecule has 0 radical (unpaired) electrons. The third-order valence-corrected chi connectivity index (χ3v) is 7.31. The number of β-amino-alcohol motifs (C(OH)–C–C–N with tert-alkyl or cyclic N) is 1. The Balaban J connectivity index is 1.60. The molecule has 0 aromatic heterocycles. The molecule has 0 amide bonds. The molecule has 2 fully saturated rings. The molecule has 7 heteroatoms. The number of amidine groups is 1. The van der Waals surface area contributed by atoms with Crippen LogP contribution in [-0.2, 0) is 6.42 Å². The quantitative estimate of drug-likeness (QED) is 0.591. The van der Waals surface area contributed by atoms with Crippen LogP contribution < -0.4 is 26.4 Å². The summed E-state index contributed by atoms with van der Waals surface area (Å²) in [5.41, 5.74) is 18.1. The molecule has 2 aliphatic heterocycles. The second-order valence-corrected chi connectivity index (χ2v) is 10.2. The van der Waals surface area contributed by atoms with Crippen molar-refractivity contribution in [2.24, 2.45) is 21.9 Å². The van der Waals surface area contributed by atoms with Gasteiger partial charge in [-0.3, -0.25) is 0 Å². The van der Waals surface area contributed by atoms with Gasteiger partial charge in [-0.2, -0.15) is 0 Å². The van der Waals surface area contributed by atoms with E-state index in [0.29, 0.717) is 25.1 Å². The topological polar surface area (TPSA) is 109 Å². The summed E-state index contributed by atoms with van der Waals surface area (Å²) in [6.45, 7) is 6.45. The monoisotopic (exact) mass is 425 g/mol. The van der Waals surface area contributed by atoms with Gasteiger partial charge < -0.3 is 31.5 Å². The summed E-state index contributed by atoms with van der Waals surface area (Å²) in [5, 5.41) is 13.8. The Morgan fingerprint density at radius 2 is 1.97 bits per heavy atom.